The Morgan fingerprint density at radius 2 is 2.16 bits per heavy atom. The number of aromatic nitrogens is 1. The molecule has 0 fully saturated rings. The van der Waals surface area contributed by atoms with Gasteiger partial charge in [0.1, 0.15) is 10.9 Å². The average Bonchev–Trinajstić information content (AvgIpc) is 2.38. The molecule has 0 aliphatic heterocycles. The van der Waals surface area contributed by atoms with Gasteiger partial charge in [-0.15, -0.1) is 0 Å². The molecule has 19 heavy (non-hydrogen) atoms. The normalized spacial score (nSPS) is 9.95. The van der Waals surface area contributed by atoms with Crippen molar-refractivity contribution in [2.24, 2.45) is 0 Å². The molecule has 3 N–H and O–H groups in total. The molecule has 1 aromatic carbocycles. The summed E-state index contributed by atoms with van der Waals surface area (Å²) in [7, 11) is 0. The van der Waals surface area contributed by atoms with Crippen molar-refractivity contribution < 1.29 is 9.53 Å². The van der Waals surface area contributed by atoms with E-state index in [1.165, 1.54) is 6.20 Å². The first-order chi connectivity index (χ1) is 9.15. The van der Waals surface area contributed by atoms with Crippen molar-refractivity contribution in [1.82, 2.24) is 4.98 Å². The lowest BCUT2D eigenvalue weighted by atomic mass is 10.3. The molecule has 6 heteroatoms. The maximum atomic E-state index is 11.7. The van der Waals surface area contributed by atoms with Gasteiger partial charge >= 0.3 is 0 Å². The molecular weight excluding hydrogens is 266 g/mol. The van der Waals surface area contributed by atoms with Crippen LogP contribution in [0.15, 0.2) is 42.6 Å². The van der Waals surface area contributed by atoms with Crippen LogP contribution in [0.25, 0.3) is 0 Å². The molecule has 0 unspecified atom stereocenters. The quantitative estimate of drug-likeness (QED) is 0.664. The number of halogens is 1. The van der Waals surface area contributed by atoms with Crippen molar-refractivity contribution in [2.45, 2.75) is 0 Å². The first kappa shape index (κ1) is 13.2. The summed E-state index contributed by atoms with van der Waals surface area (Å²) in [6, 6.07) is 10.2. The fourth-order valence-corrected chi connectivity index (χ4v) is 1.61. The predicted octanol–water partition coefficient (Wildman–Crippen LogP) is 2.33. The van der Waals surface area contributed by atoms with E-state index in [2.05, 4.69) is 10.3 Å². The number of nitrogens with two attached hydrogens (primary N) is 1. The van der Waals surface area contributed by atoms with Crippen LogP contribution in [0, 0.1) is 0 Å². The molecule has 0 aliphatic rings. The van der Waals surface area contributed by atoms with Gasteiger partial charge in [0.15, 0.2) is 6.61 Å². The van der Waals surface area contributed by atoms with Crippen molar-refractivity contribution in [3.8, 4) is 5.75 Å². The third kappa shape index (κ3) is 3.86. The number of amides is 1. The molecule has 1 amide bonds. The number of anilines is 2. The summed E-state index contributed by atoms with van der Waals surface area (Å²) in [6.07, 6.45) is 1.51. The number of ether oxygens (including phenoxy) is 1. The number of hydrogen-bond donors (Lipinski definition) is 2. The lowest BCUT2D eigenvalue weighted by Crippen LogP contribution is -2.20. The summed E-state index contributed by atoms with van der Waals surface area (Å²) >= 11 is 5.71. The minimum Gasteiger partial charge on any atom is -0.482 e. The van der Waals surface area contributed by atoms with Crippen LogP contribution >= 0.6 is 11.6 Å². The molecule has 0 atom stereocenters. The second-order valence-corrected chi connectivity index (χ2v) is 4.13. The SMILES string of the molecule is Nc1ccccc1OCC(=O)Nc1ccnc(Cl)c1. The monoisotopic (exact) mass is 277 g/mol. The van der Waals surface area contributed by atoms with Crippen molar-refractivity contribution in [1.29, 1.82) is 0 Å². The molecule has 1 heterocycles. The second-order valence-electron chi connectivity index (χ2n) is 3.74. The van der Waals surface area contributed by atoms with Crippen LogP contribution in [0.2, 0.25) is 5.15 Å². The number of hydrogen-bond acceptors (Lipinski definition) is 4. The Kier molecular flexibility index (Phi) is 4.20. The first-order valence-electron chi connectivity index (χ1n) is 5.54. The Bertz CT molecular complexity index is 590. The molecule has 0 spiro atoms. The summed E-state index contributed by atoms with van der Waals surface area (Å²) in [4.78, 5) is 15.5. The third-order valence-electron chi connectivity index (χ3n) is 2.29. The molecule has 0 saturated carbocycles. The van der Waals surface area contributed by atoms with E-state index in [0.717, 1.165) is 0 Å². The van der Waals surface area contributed by atoms with Gasteiger partial charge in [0, 0.05) is 11.9 Å². The number of benzene rings is 1. The zero-order valence-corrected chi connectivity index (χ0v) is 10.7. The zero-order valence-electron chi connectivity index (χ0n) is 9.97. The fourth-order valence-electron chi connectivity index (χ4n) is 1.43. The van der Waals surface area contributed by atoms with Crippen molar-refractivity contribution >= 4 is 28.9 Å². The number of carbonyl (C=O) groups excluding carboxylic acids is 1. The minimum absolute atomic E-state index is 0.131. The van der Waals surface area contributed by atoms with Crippen LogP contribution in [0.3, 0.4) is 0 Å². The van der Waals surface area contributed by atoms with E-state index in [1.54, 1.807) is 36.4 Å². The predicted molar refractivity (Wildman–Crippen MR) is 74.2 cm³/mol. The second kappa shape index (κ2) is 6.06. The van der Waals surface area contributed by atoms with E-state index >= 15 is 0 Å². The maximum Gasteiger partial charge on any atom is 0.262 e. The van der Waals surface area contributed by atoms with E-state index < -0.39 is 0 Å². The van der Waals surface area contributed by atoms with E-state index in [1.807, 2.05) is 0 Å². The standard InChI is InChI=1S/C13H12ClN3O2/c14-12-7-9(5-6-16-12)17-13(18)8-19-11-4-2-1-3-10(11)15/h1-7H,8,15H2,(H,16,17,18). The summed E-state index contributed by atoms with van der Waals surface area (Å²) in [5.74, 6) is 0.177. The van der Waals surface area contributed by atoms with E-state index in [-0.39, 0.29) is 12.5 Å². The van der Waals surface area contributed by atoms with E-state index in [0.29, 0.717) is 22.3 Å². The molecule has 5 nitrogen and oxygen atoms in total. The third-order valence-corrected chi connectivity index (χ3v) is 2.49. The molecule has 98 valence electrons. The van der Waals surface area contributed by atoms with E-state index in [9.17, 15) is 4.79 Å². The van der Waals surface area contributed by atoms with Crippen molar-refractivity contribution in [3.05, 3.63) is 47.7 Å². The van der Waals surface area contributed by atoms with Gasteiger partial charge in [0.2, 0.25) is 0 Å². The Morgan fingerprint density at radius 3 is 2.89 bits per heavy atom. The number of nitrogens with zero attached hydrogens (tertiary/aromatic N) is 1. The first-order valence-corrected chi connectivity index (χ1v) is 5.91. The van der Waals surface area contributed by atoms with Crippen molar-refractivity contribution in [3.63, 3.8) is 0 Å². The zero-order chi connectivity index (χ0) is 13.7. The van der Waals surface area contributed by atoms with E-state index in [4.69, 9.17) is 22.1 Å². The molecule has 0 bridgehead atoms. The lowest BCUT2D eigenvalue weighted by Gasteiger charge is -2.09. The molecule has 0 aliphatic carbocycles. The fraction of sp³-hybridized carbons (Fsp3) is 0.0769. The maximum absolute atomic E-state index is 11.7. The Hall–Kier alpha value is -2.27. The van der Waals surface area contributed by atoms with Gasteiger partial charge in [0.25, 0.3) is 5.91 Å². The smallest absolute Gasteiger partial charge is 0.262 e. The highest BCUT2D eigenvalue weighted by Gasteiger charge is 2.05. The van der Waals surface area contributed by atoms with Crippen LogP contribution in [0.4, 0.5) is 11.4 Å². The number of nitrogens with one attached hydrogen (secondary N) is 1. The number of carbonyl (C=O) groups is 1. The molecular formula is C13H12ClN3O2. The van der Waals surface area contributed by atoms with Gasteiger partial charge in [-0.05, 0) is 24.3 Å². The highest BCUT2D eigenvalue weighted by Crippen LogP contribution is 2.19. The molecule has 0 radical (unpaired) electrons. The molecule has 1 aromatic heterocycles. The van der Waals surface area contributed by atoms with Crippen LogP contribution in [0.1, 0.15) is 0 Å². The number of pyridine rings is 1. The molecule has 2 aromatic rings. The average molecular weight is 278 g/mol. The number of para-hydroxylation sites is 2. The number of nitrogen functional groups attached to an aromatic ring is 1. The van der Waals surface area contributed by atoms with Gasteiger partial charge < -0.3 is 15.8 Å². The number of rotatable bonds is 4. The van der Waals surface area contributed by atoms with Gasteiger partial charge in [-0.25, -0.2) is 4.98 Å². The highest BCUT2D eigenvalue weighted by molar-refractivity contribution is 6.29. The Morgan fingerprint density at radius 1 is 1.37 bits per heavy atom. The van der Waals surface area contributed by atoms with Crippen LogP contribution < -0.4 is 15.8 Å². The van der Waals surface area contributed by atoms with Crippen molar-refractivity contribution in [2.75, 3.05) is 17.7 Å². The van der Waals surface area contributed by atoms with Crippen LogP contribution in [-0.4, -0.2) is 17.5 Å². The van der Waals surface area contributed by atoms with Gasteiger partial charge in [-0.1, -0.05) is 23.7 Å². The minimum atomic E-state index is -0.300. The van der Waals surface area contributed by atoms with Gasteiger partial charge in [-0.2, -0.15) is 0 Å². The van der Waals surface area contributed by atoms with Crippen LogP contribution in [-0.2, 0) is 4.79 Å². The summed E-state index contributed by atoms with van der Waals surface area (Å²) in [5, 5.41) is 2.95. The summed E-state index contributed by atoms with van der Waals surface area (Å²) in [5.41, 5.74) is 6.75. The van der Waals surface area contributed by atoms with Gasteiger partial charge in [0.05, 0.1) is 5.69 Å². The van der Waals surface area contributed by atoms with Crippen LogP contribution in [0.5, 0.6) is 5.75 Å². The largest absolute Gasteiger partial charge is 0.482 e. The Labute approximate surface area is 115 Å². The summed E-state index contributed by atoms with van der Waals surface area (Å²) < 4.78 is 5.32. The highest BCUT2D eigenvalue weighted by atomic mass is 35.5. The molecule has 2 rings (SSSR count). The topological polar surface area (TPSA) is 77.2 Å². The lowest BCUT2D eigenvalue weighted by molar-refractivity contribution is -0.118. The Balaban J connectivity index is 1.90. The van der Waals surface area contributed by atoms with Gasteiger partial charge in [-0.3, -0.25) is 4.79 Å². The summed E-state index contributed by atoms with van der Waals surface area (Å²) in [6.45, 7) is -0.131. The molecule has 0 saturated heterocycles.